The van der Waals surface area contributed by atoms with Crippen LogP contribution in [-0.4, -0.2) is 14.3 Å². The van der Waals surface area contributed by atoms with Crippen LogP contribution in [-0.2, 0) is 6.42 Å². The Labute approximate surface area is 117 Å². The molecular weight excluding hydrogens is 276 g/mol. The van der Waals surface area contributed by atoms with Gasteiger partial charge in [-0.15, -0.1) is 11.3 Å². The van der Waals surface area contributed by atoms with Gasteiger partial charge in [-0.1, -0.05) is 6.07 Å². The van der Waals surface area contributed by atoms with Crippen molar-refractivity contribution in [3.63, 3.8) is 0 Å². The fraction of sp³-hybridized carbons (Fsp3) is 0.0769. The molecule has 0 bridgehead atoms. The largest absolute Gasteiger partial charge is 0.295 e. The van der Waals surface area contributed by atoms with Crippen LogP contribution in [0.15, 0.2) is 35.8 Å². The molecular formula is C13H8N4O2S. The summed E-state index contributed by atoms with van der Waals surface area (Å²) in [7, 11) is 0. The Bertz CT molecular complexity index is 830. The molecule has 0 aliphatic rings. The smallest absolute Gasteiger partial charge is 0.286 e. The first-order valence-corrected chi connectivity index (χ1v) is 6.65. The number of nitriles is 1. The molecule has 0 fully saturated rings. The van der Waals surface area contributed by atoms with Crippen molar-refractivity contribution in [1.82, 2.24) is 9.38 Å². The van der Waals surface area contributed by atoms with Gasteiger partial charge in [-0.3, -0.25) is 14.5 Å². The Hall–Kier alpha value is -2.72. The molecule has 0 saturated heterocycles. The standard InChI is InChI=1S/C13H8N4O2S/c14-6-5-10-13(11-2-1-7-20-11)15-12-4-3-9(17(18)19)8-16(10)12/h1-4,7-8H,5H2. The fourth-order valence-electron chi connectivity index (χ4n) is 2.04. The Morgan fingerprint density at radius 2 is 2.30 bits per heavy atom. The Morgan fingerprint density at radius 1 is 1.45 bits per heavy atom. The number of hydrogen-bond acceptors (Lipinski definition) is 5. The third-order valence-electron chi connectivity index (χ3n) is 2.91. The van der Waals surface area contributed by atoms with E-state index in [0.717, 1.165) is 4.88 Å². The SMILES string of the molecule is N#CCc1c(-c2cccs2)nc2ccc([N+](=O)[O-])cn12. The number of rotatable bonds is 3. The van der Waals surface area contributed by atoms with Gasteiger partial charge in [0.25, 0.3) is 5.69 Å². The van der Waals surface area contributed by atoms with Gasteiger partial charge in [0.2, 0.25) is 0 Å². The van der Waals surface area contributed by atoms with Crippen molar-refractivity contribution >= 4 is 22.7 Å². The van der Waals surface area contributed by atoms with Gasteiger partial charge in [0.1, 0.15) is 11.3 Å². The van der Waals surface area contributed by atoms with Crippen molar-refractivity contribution in [2.75, 3.05) is 0 Å². The molecule has 6 nitrogen and oxygen atoms in total. The molecule has 3 heterocycles. The lowest BCUT2D eigenvalue weighted by Crippen LogP contribution is -1.96. The van der Waals surface area contributed by atoms with Crippen molar-refractivity contribution in [2.24, 2.45) is 0 Å². The van der Waals surface area contributed by atoms with E-state index in [9.17, 15) is 10.1 Å². The molecule has 0 aliphatic heterocycles. The number of aromatic nitrogens is 2. The van der Waals surface area contributed by atoms with Crippen molar-refractivity contribution < 1.29 is 4.92 Å². The van der Waals surface area contributed by atoms with Gasteiger partial charge in [-0.25, -0.2) is 4.98 Å². The van der Waals surface area contributed by atoms with E-state index in [2.05, 4.69) is 11.1 Å². The van der Waals surface area contributed by atoms with Crippen LogP contribution >= 0.6 is 11.3 Å². The lowest BCUT2D eigenvalue weighted by atomic mass is 10.2. The van der Waals surface area contributed by atoms with Crippen LogP contribution in [0.1, 0.15) is 5.69 Å². The Kier molecular flexibility index (Phi) is 2.93. The van der Waals surface area contributed by atoms with Gasteiger partial charge in [0.15, 0.2) is 0 Å². The number of fused-ring (bicyclic) bond motifs is 1. The number of nitro groups is 1. The first-order valence-electron chi connectivity index (χ1n) is 5.77. The average molecular weight is 284 g/mol. The molecule has 0 unspecified atom stereocenters. The minimum atomic E-state index is -0.458. The average Bonchev–Trinajstić information content (AvgIpc) is 3.06. The highest BCUT2D eigenvalue weighted by atomic mass is 32.1. The highest BCUT2D eigenvalue weighted by molar-refractivity contribution is 7.13. The first kappa shape index (κ1) is 12.3. The second-order valence-corrected chi connectivity index (χ2v) is 5.04. The van der Waals surface area contributed by atoms with Gasteiger partial charge in [0, 0.05) is 6.07 Å². The third kappa shape index (κ3) is 1.92. The van der Waals surface area contributed by atoms with Crippen LogP contribution in [0, 0.1) is 21.4 Å². The molecule has 0 spiro atoms. The monoisotopic (exact) mass is 284 g/mol. The maximum Gasteiger partial charge on any atom is 0.286 e. The van der Waals surface area contributed by atoms with E-state index in [0.29, 0.717) is 17.0 Å². The molecule has 3 aromatic heterocycles. The van der Waals surface area contributed by atoms with Crippen LogP contribution < -0.4 is 0 Å². The van der Waals surface area contributed by atoms with Crippen LogP contribution in [0.5, 0.6) is 0 Å². The van der Waals surface area contributed by atoms with Gasteiger partial charge >= 0.3 is 0 Å². The zero-order valence-electron chi connectivity index (χ0n) is 10.2. The number of hydrogen-bond donors (Lipinski definition) is 0. The van der Waals surface area contributed by atoms with Gasteiger partial charge in [-0.05, 0) is 17.5 Å². The second-order valence-electron chi connectivity index (χ2n) is 4.09. The number of nitrogens with zero attached hydrogens (tertiary/aromatic N) is 4. The molecule has 0 aromatic carbocycles. The highest BCUT2D eigenvalue weighted by Crippen LogP contribution is 2.29. The molecule has 0 atom stereocenters. The van der Waals surface area contributed by atoms with Crippen molar-refractivity contribution in [3.8, 4) is 16.6 Å². The first-order chi connectivity index (χ1) is 9.70. The van der Waals surface area contributed by atoms with Crippen molar-refractivity contribution in [3.05, 3.63) is 51.7 Å². The van der Waals surface area contributed by atoms with E-state index in [1.165, 1.54) is 23.6 Å². The topological polar surface area (TPSA) is 84.2 Å². The summed E-state index contributed by atoms with van der Waals surface area (Å²) >= 11 is 1.52. The summed E-state index contributed by atoms with van der Waals surface area (Å²) in [5.74, 6) is 0. The van der Waals surface area contributed by atoms with E-state index in [-0.39, 0.29) is 12.1 Å². The molecule has 3 aromatic rings. The summed E-state index contributed by atoms with van der Waals surface area (Å²) in [5, 5.41) is 21.8. The zero-order chi connectivity index (χ0) is 14.1. The van der Waals surface area contributed by atoms with Crippen LogP contribution in [0.2, 0.25) is 0 Å². The van der Waals surface area contributed by atoms with E-state index in [4.69, 9.17) is 5.26 Å². The lowest BCUT2D eigenvalue weighted by molar-refractivity contribution is -0.385. The predicted molar refractivity (Wildman–Crippen MR) is 74.5 cm³/mol. The summed E-state index contributed by atoms with van der Waals surface area (Å²) in [4.78, 5) is 15.8. The Morgan fingerprint density at radius 3 is 2.95 bits per heavy atom. The number of pyridine rings is 1. The normalized spacial score (nSPS) is 10.6. The van der Waals surface area contributed by atoms with Gasteiger partial charge in [0.05, 0.1) is 34.2 Å². The summed E-state index contributed by atoms with van der Waals surface area (Å²) in [6.07, 6.45) is 1.56. The molecule has 3 rings (SSSR count). The summed E-state index contributed by atoms with van der Waals surface area (Å²) in [6, 6.07) is 8.92. The van der Waals surface area contributed by atoms with Crippen LogP contribution in [0.3, 0.4) is 0 Å². The molecule has 0 aliphatic carbocycles. The van der Waals surface area contributed by atoms with E-state index < -0.39 is 4.92 Å². The minimum Gasteiger partial charge on any atom is -0.295 e. The van der Waals surface area contributed by atoms with E-state index in [1.54, 1.807) is 10.5 Å². The summed E-state index contributed by atoms with van der Waals surface area (Å²) < 4.78 is 1.62. The Balaban J connectivity index is 2.29. The fourth-order valence-corrected chi connectivity index (χ4v) is 2.78. The number of thiophene rings is 1. The molecule has 0 saturated carbocycles. The van der Waals surface area contributed by atoms with Crippen molar-refractivity contribution in [2.45, 2.75) is 6.42 Å². The lowest BCUT2D eigenvalue weighted by Gasteiger charge is -1.99. The molecule has 0 N–H and O–H groups in total. The maximum atomic E-state index is 10.9. The van der Waals surface area contributed by atoms with Gasteiger partial charge < -0.3 is 0 Å². The predicted octanol–water partition coefficient (Wildman–Crippen LogP) is 3.04. The molecule has 0 amide bonds. The van der Waals surface area contributed by atoms with Crippen LogP contribution in [0.25, 0.3) is 16.2 Å². The van der Waals surface area contributed by atoms with E-state index in [1.807, 2.05) is 17.5 Å². The van der Waals surface area contributed by atoms with Crippen LogP contribution in [0.4, 0.5) is 5.69 Å². The summed E-state index contributed by atoms with van der Waals surface area (Å²) in [6.45, 7) is 0. The molecule has 0 radical (unpaired) electrons. The minimum absolute atomic E-state index is 0.0215. The highest BCUT2D eigenvalue weighted by Gasteiger charge is 2.17. The third-order valence-corrected chi connectivity index (χ3v) is 3.79. The summed E-state index contributed by atoms with van der Waals surface area (Å²) in [5.41, 5.74) is 1.96. The van der Waals surface area contributed by atoms with E-state index >= 15 is 0 Å². The molecule has 20 heavy (non-hydrogen) atoms. The van der Waals surface area contributed by atoms with Crippen molar-refractivity contribution in [1.29, 1.82) is 5.26 Å². The maximum absolute atomic E-state index is 10.9. The van der Waals surface area contributed by atoms with Gasteiger partial charge in [-0.2, -0.15) is 5.26 Å². The molecule has 98 valence electrons. The molecule has 7 heteroatoms. The zero-order valence-corrected chi connectivity index (χ0v) is 11.0. The second kappa shape index (κ2) is 4.75. The quantitative estimate of drug-likeness (QED) is 0.546. The number of imidazole rings is 1.